The van der Waals surface area contributed by atoms with E-state index in [9.17, 15) is 14.4 Å². The van der Waals surface area contributed by atoms with Crippen LogP contribution in [0.2, 0.25) is 0 Å². The second kappa shape index (κ2) is 14.2. The highest BCUT2D eigenvalue weighted by Gasteiger charge is 2.38. The lowest BCUT2D eigenvalue weighted by Gasteiger charge is -2.34. The van der Waals surface area contributed by atoms with Crippen molar-refractivity contribution in [3.05, 3.63) is 74.8 Å². The summed E-state index contributed by atoms with van der Waals surface area (Å²) < 4.78 is 3.97. The number of rotatable bonds is 16. The summed E-state index contributed by atoms with van der Waals surface area (Å²) in [6.45, 7) is 7.25. The van der Waals surface area contributed by atoms with Gasteiger partial charge in [-0.1, -0.05) is 116 Å². The van der Waals surface area contributed by atoms with Crippen LogP contribution >= 0.6 is 12.2 Å². The van der Waals surface area contributed by atoms with Crippen LogP contribution in [0, 0.1) is 4.77 Å². The Morgan fingerprint density at radius 2 is 1.02 bits per heavy atom. The molecule has 8 heteroatoms. The van der Waals surface area contributed by atoms with Crippen molar-refractivity contribution in [3.63, 3.8) is 0 Å². The van der Waals surface area contributed by atoms with Gasteiger partial charge in [0, 0.05) is 39.9 Å². The zero-order valence-electron chi connectivity index (χ0n) is 30.7. The van der Waals surface area contributed by atoms with Gasteiger partial charge in [-0.25, -0.2) is 4.68 Å². The maximum absolute atomic E-state index is 14.5. The van der Waals surface area contributed by atoms with E-state index >= 15 is 0 Å². The molecule has 8 rings (SSSR count). The molecule has 0 radical (unpaired) electrons. The van der Waals surface area contributed by atoms with Gasteiger partial charge in [-0.2, -0.15) is 9.50 Å². The van der Waals surface area contributed by atoms with Crippen molar-refractivity contribution in [2.45, 2.75) is 123 Å². The normalized spacial score (nSPS) is 13.7. The minimum atomic E-state index is -0.173. The molecule has 2 amide bonds. The lowest BCUT2D eigenvalue weighted by molar-refractivity contribution is 0.0517. The first-order valence-corrected chi connectivity index (χ1v) is 20.1. The number of hydrogen-bond donors (Lipinski definition) is 0. The molecule has 0 fully saturated rings. The molecule has 0 N–H and O–H groups in total. The van der Waals surface area contributed by atoms with Gasteiger partial charge in [0.1, 0.15) is 0 Å². The largest absolute Gasteiger partial charge is 0.279 e. The third-order valence-corrected chi connectivity index (χ3v) is 12.0. The number of fused-ring (bicyclic) bond motifs is 4. The SMILES string of the molecule is CCCCCCC(CCCCCC)N1C(=O)c2ccc3c4ccc5c(=O)n6c(nc(=S)n6CCCCCC)c6ccc(c7ccc(c2c37)C1=O)c4c56. The van der Waals surface area contributed by atoms with E-state index in [1.54, 1.807) is 9.42 Å². The maximum Gasteiger partial charge on any atom is 0.279 e. The molecule has 268 valence electrons. The molecule has 0 spiro atoms. The molecule has 52 heavy (non-hydrogen) atoms. The van der Waals surface area contributed by atoms with Gasteiger partial charge in [-0.15, -0.1) is 0 Å². The van der Waals surface area contributed by atoms with Crippen molar-refractivity contribution in [2.24, 2.45) is 0 Å². The van der Waals surface area contributed by atoms with Crippen LogP contribution in [-0.4, -0.2) is 36.9 Å². The summed E-state index contributed by atoms with van der Waals surface area (Å²) in [6, 6.07) is 16.0. The van der Waals surface area contributed by atoms with E-state index < -0.39 is 0 Å². The fraction of sp³-hybridized carbons (Fsp3) is 0.432. The fourth-order valence-electron chi connectivity index (χ4n) is 9.08. The van der Waals surface area contributed by atoms with E-state index in [-0.39, 0.29) is 23.4 Å². The van der Waals surface area contributed by atoms with Crippen molar-refractivity contribution in [2.75, 3.05) is 0 Å². The lowest BCUT2D eigenvalue weighted by Crippen LogP contribution is -2.47. The Bertz CT molecular complexity index is 2520. The van der Waals surface area contributed by atoms with Crippen LogP contribution in [0.15, 0.2) is 53.3 Å². The Labute approximate surface area is 309 Å². The third-order valence-electron chi connectivity index (χ3n) is 11.7. The molecule has 1 aliphatic heterocycles. The van der Waals surface area contributed by atoms with Crippen molar-refractivity contribution in [1.29, 1.82) is 0 Å². The van der Waals surface area contributed by atoms with Gasteiger partial charge in [-0.05, 0) is 88.1 Å². The summed E-state index contributed by atoms with van der Waals surface area (Å²) in [4.78, 5) is 49.6. The van der Waals surface area contributed by atoms with Crippen LogP contribution < -0.4 is 5.56 Å². The number of imide groups is 1. The molecule has 7 nitrogen and oxygen atoms in total. The zero-order valence-corrected chi connectivity index (χ0v) is 31.5. The predicted molar refractivity (Wildman–Crippen MR) is 216 cm³/mol. The van der Waals surface area contributed by atoms with E-state index in [4.69, 9.17) is 17.2 Å². The molecule has 2 aromatic heterocycles. The van der Waals surface area contributed by atoms with E-state index in [1.165, 1.54) is 12.8 Å². The van der Waals surface area contributed by atoms with Gasteiger partial charge in [0.2, 0.25) is 4.77 Å². The average Bonchev–Trinajstić information content (AvgIpc) is 3.49. The van der Waals surface area contributed by atoms with Crippen LogP contribution in [-0.2, 0) is 6.54 Å². The van der Waals surface area contributed by atoms with Crippen molar-refractivity contribution >= 4 is 83.5 Å². The van der Waals surface area contributed by atoms with Gasteiger partial charge in [0.15, 0.2) is 5.65 Å². The number of benzene rings is 5. The molecule has 0 saturated heterocycles. The Kier molecular flexibility index (Phi) is 9.45. The van der Waals surface area contributed by atoms with Gasteiger partial charge in [0.05, 0.1) is 5.39 Å². The number of carbonyl (C=O) groups is 2. The molecular weight excluding hydrogens is 665 g/mol. The van der Waals surface area contributed by atoms with E-state index in [0.29, 0.717) is 33.5 Å². The van der Waals surface area contributed by atoms with Gasteiger partial charge in [0.25, 0.3) is 17.4 Å². The summed E-state index contributed by atoms with van der Waals surface area (Å²) in [5, 5.41) is 9.07. The molecule has 0 aliphatic carbocycles. The van der Waals surface area contributed by atoms with Crippen LogP contribution in [0.1, 0.15) is 131 Å². The van der Waals surface area contributed by atoms with Crippen molar-refractivity contribution in [1.82, 2.24) is 19.1 Å². The lowest BCUT2D eigenvalue weighted by atomic mass is 9.83. The second-order valence-electron chi connectivity index (χ2n) is 15.0. The van der Waals surface area contributed by atoms with Crippen LogP contribution in [0.4, 0.5) is 0 Å². The molecule has 0 unspecified atom stereocenters. The van der Waals surface area contributed by atoms with E-state index in [0.717, 1.165) is 126 Å². The fourth-order valence-corrected chi connectivity index (χ4v) is 9.34. The number of aromatic nitrogens is 3. The van der Waals surface area contributed by atoms with Gasteiger partial charge < -0.3 is 0 Å². The molecule has 7 aromatic rings. The van der Waals surface area contributed by atoms with Crippen molar-refractivity contribution in [3.8, 4) is 0 Å². The topological polar surface area (TPSA) is 76.7 Å². The highest BCUT2D eigenvalue weighted by Crippen LogP contribution is 2.46. The van der Waals surface area contributed by atoms with Crippen LogP contribution in [0.5, 0.6) is 0 Å². The summed E-state index contributed by atoms with van der Waals surface area (Å²) in [6.07, 6.45) is 14.9. The summed E-state index contributed by atoms with van der Waals surface area (Å²) in [5.41, 5.74) is 1.69. The zero-order chi connectivity index (χ0) is 36.1. The Balaban J connectivity index is 1.28. The summed E-state index contributed by atoms with van der Waals surface area (Å²) in [7, 11) is 0. The molecule has 0 bridgehead atoms. The highest BCUT2D eigenvalue weighted by molar-refractivity contribution is 7.71. The number of carbonyl (C=O) groups excluding carboxylic acids is 2. The number of pyridine rings is 1. The van der Waals surface area contributed by atoms with Crippen molar-refractivity contribution < 1.29 is 9.59 Å². The summed E-state index contributed by atoms with van der Waals surface area (Å²) >= 11 is 5.72. The molecule has 3 heterocycles. The first-order valence-electron chi connectivity index (χ1n) is 19.7. The molecule has 0 atom stereocenters. The standard InChI is InChI=1S/C44H48N4O3S/c1-4-7-10-13-16-27(17-14-11-8-5-2)47-41(49)33-23-19-30-28-18-22-32-38-35(43(51)48-40(32)45-44(52)46(48)26-15-12-9-6-3)25-21-29(36(28)38)31-20-24-34(42(47)50)39(33)37(30)31/h18-25,27H,4-17,26H2,1-3H3. The maximum atomic E-state index is 14.5. The average molecular weight is 713 g/mol. The minimum Gasteiger partial charge on any atom is -0.271 e. The predicted octanol–water partition coefficient (Wildman–Crippen LogP) is 11.4. The van der Waals surface area contributed by atoms with Crippen LogP contribution in [0.3, 0.4) is 0 Å². The van der Waals surface area contributed by atoms with E-state index in [1.807, 2.05) is 28.9 Å². The highest BCUT2D eigenvalue weighted by atomic mass is 32.1. The Morgan fingerprint density at radius 1 is 0.558 bits per heavy atom. The smallest absolute Gasteiger partial charge is 0.271 e. The first-order chi connectivity index (χ1) is 25.4. The minimum absolute atomic E-state index is 0.100. The molecular formula is C44H48N4O3S. The monoisotopic (exact) mass is 712 g/mol. The molecule has 0 saturated carbocycles. The quantitative estimate of drug-likeness (QED) is 0.0328. The van der Waals surface area contributed by atoms with Crippen LogP contribution in [0.25, 0.3) is 59.5 Å². The number of amides is 2. The Morgan fingerprint density at radius 3 is 1.58 bits per heavy atom. The number of aryl methyl sites for hydroxylation is 1. The van der Waals surface area contributed by atoms with Gasteiger partial charge in [-0.3, -0.25) is 19.3 Å². The van der Waals surface area contributed by atoms with E-state index in [2.05, 4.69) is 45.0 Å². The number of nitrogens with zero attached hydrogens (tertiary/aromatic N) is 4. The molecule has 5 aromatic carbocycles. The summed E-state index contributed by atoms with van der Waals surface area (Å²) in [5.74, 6) is -0.346. The van der Waals surface area contributed by atoms with Gasteiger partial charge >= 0.3 is 0 Å². The second-order valence-corrected chi connectivity index (χ2v) is 15.4. The first kappa shape index (κ1) is 34.6. The Hall–Kier alpha value is -4.43. The third kappa shape index (κ3) is 5.39. The molecule has 1 aliphatic rings. The number of unbranched alkanes of at least 4 members (excludes halogenated alkanes) is 9. The number of hydrogen-bond acceptors (Lipinski definition) is 5.